The van der Waals surface area contributed by atoms with Gasteiger partial charge < -0.3 is 15.6 Å². The predicted molar refractivity (Wildman–Crippen MR) is 93.7 cm³/mol. The number of aromatic amines is 1. The molecule has 0 saturated carbocycles. The molecular formula is C15H10BrN7O2. The lowest BCUT2D eigenvalue weighted by molar-refractivity contribution is 0.102. The molecule has 4 N–H and O–H groups in total. The molecule has 9 nitrogen and oxygen atoms in total. The van der Waals surface area contributed by atoms with Gasteiger partial charge in [0, 0.05) is 15.7 Å². The van der Waals surface area contributed by atoms with Crippen LogP contribution in [0.4, 0.5) is 11.4 Å². The van der Waals surface area contributed by atoms with Crippen LogP contribution in [0.1, 0.15) is 10.5 Å². The number of hydrogen-bond acceptors (Lipinski definition) is 7. The van der Waals surface area contributed by atoms with E-state index in [1.165, 1.54) is 0 Å². The molecule has 2 aromatic carbocycles. The fraction of sp³-hybridized carbons (Fsp3) is 0. The molecule has 0 radical (unpaired) electrons. The van der Waals surface area contributed by atoms with Gasteiger partial charge in [-0.15, -0.1) is 5.10 Å². The van der Waals surface area contributed by atoms with Crippen LogP contribution in [-0.2, 0) is 0 Å². The minimum absolute atomic E-state index is 0.145. The third kappa shape index (κ3) is 2.83. The predicted octanol–water partition coefficient (Wildman–Crippen LogP) is 2.60. The Morgan fingerprint density at radius 3 is 2.92 bits per heavy atom. The number of benzene rings is 2. The molecule has 2 aromatic heterocycles. The first kappa shape index (κ1) is 15.3. The maximum Gasteiger partial charge on any atom is 0.278 e. The Hall–Kier alpha value is -3.27. The molecule has 0 fully saturated rings. The van der Waals surface area contributed by atoms with Gasteiger partial charge in [-0.3, -0.25) is 4.79 Å². The first-order valence-corrected chi connectivity index (χ1v) is 7.91. The van der Waals surface area contributed by atoms with Crippen LogP contribution < -0.4 is 11.1 Å². The average molecular weight is 400 g/mol. The lowest BCUT2D eigenvalue weighted by atomic mass is 10.1. The Morgan fingerprint density at radius 1 is 1.24 bits per heavy atom. The van der Waals surface area contributed by atoms with Crippen molar-refractivity contribution in [3.63, 3.8) is 0 Å². The van der Waals surface area contributed by atoms with Gasteiger partial charge in [-0.05, 0) is 46.8 Å². The van der Waals surface area contributed by atoms with Crippen molar-refractivity contribution in [1.29, 1.82) is 0 Å². The second-order valence-electron chi connectivity index (χ2n) is 5.18. The van der Waals surface area contributed by atoms with E-state index in [1.54, 1.807) is 36.4 Å². The van der Waals surface area contributed by atoms with E-state index in [0.29, 0.717) is 33.7 Å². The van der Waals surface area contributed by atoms with E-state index in [1.807, 2.05) is 0 Å². The Bertz CT molecular complexity index is 1070. The molecule has 25 heavy (non-hydrogen) atoms. The number of hydrogen-bond donors (Lipinski definition) is 3. The summed E-state index contributed by atoms with van der Waals surface area (Å²) in [5.41, 5.74) is 8.06. The number of carbonyl (C=O) groups excluding carboxylic acids is 1. The fourth-order valence-corrected chi connectivity index (χ4v) is 2.76. The molecule has 2 heterocycles. The number of anilines is 2. The number of nitrogens with one attached hydrogen (secondary N) is 2. The number of H-pyrrole nitrogens is 1. The zero-order chi connectivity index (χ0) is 17.4. The molecule has 0 unspecified atom stereocenters. The summed E-state index contributed by atoms with van der Waals surface area (Å²) in [7, 11) is 0. The quantitative estimate of drug-likeness (QED) is 0.450. The first-order valence-electron chi connectivity index (χ1n) is 7.12. The third-order valence-electron chi connectivity index (χ3n) is 3.54. The lowest BCUT2D eigenvalue weighted by Gasteiger charge is -2.08. The van der Waals surface area contributed by atoms with Gasteiger partial charge in [0.15, 0.2) is 17.1 Å². The van der Waals surface area contributed by atoms with Crippen molar-refractivity contribution in [3.05, 3.63) is 46.6 Å². The molecule has 0 aliphatic rings. The Labute approximate surface area is 148 Å². The summed E-state index contributed by atoms with van der Waals surface area (Å²) in [5.74, 6) is -0.00810. The van der Waals surface area contributed by atoms with Gasteiger partial charge in [-0.2, -0.15) is 0 Å². The minimum atomic E-state index is -0.430. The summed E-state index contributed by atoms with van der Waals surface area (Å²) in [6.45, 7) is 0. The summed E-state index contributed by atoms with van der Waals surface area (Å²) >= 11 is 3.39. The SMILES string of the molecule is Nc1ccc2onc(C(=O)Nc3ccc(Br)cc3-c3nnn[nH]3)c2c1. The first-order chi connectivity index (χ1) is 12.1. The fourth-order valence-electron chi connectivity index (χ4n) is 2.40. The van der Waals surface area contributed by atoms with E-state index in [2.05, 4.69) is 47.0 Å². The second-order valence-corrected chi connectivity index (χ2v) is 6.10. The van der Waals surface area contributed by atoms with Crippen LogP contribution in [0.15, 0.2) is 45.4 Å². The molecule has 0 aliphatic heterocycles. The lowest BCUT2D eigenvalue weighted by Crippen LogP contribution is -2.13. The summed E-state index contributed by atoms with van der Waals surface area (Å²) in [6.07, 6.45) is 0. The number of tetrazole rings is 1. The van der Waals surface area contributed by atoms with Crippen molar-refractivity contribution < 1.29 is 9.32 Å². The summed E-state index contributed by atoms with van der Waals surface area (Å²) < 4.78 is 5.99. The molecule has 0 saturated heterocycles. The Morgan fingerprint density at radius 2 is 2.12 bits per heavy atom. The van der Waals surface area contributed by atoms with Crippen LogP contribution in [0.25, 0.3) is 22.4 Å². The van der Waals surface area contributed by atoms with Crippen molar-refractivity contribution in [2.75, 3.05) is 11.1 Å². The number of nitrogens with two attached hydrogens (primary N) is 1. The molecule has 4 rings (SSSR count). The number of nitrogen functional groups attached to an aromatic ring is 1. The summed E-state index contributed by atoms with van der Waals surface area (Å²) in [5, 5.41) is 20.9. The van der Waals surface area contributed by atoms with Crippen LogP contribution in [0.2, 0.25) is 0 Å². The van der Waals surface area contributed by atoms with E-state index in [0.717, 1.165) is 4.47 Å². The number of halogens is 1. The number of fused-ring (bicyclic) bond motifs is 1. The zero-order valence-electron chi connectivity index (χ0n) is 12.5. The zero-order valence-corrected chi connectivity index (χ0v) is 14.1. The number of rotatable bonds is 3. The average Bonchev–Trinajstić information content (AvgIpc) is 3.25. The van der Waals surface area contributed by atoms with E-state index in [4.69, 9.17) is 10.3 Å². The molecular weight excluding hydrogens is 390 g/mol. The molecule has 10 heteroatoms. The Kier molecular flexibility index (Phi) is 3.65. The topological polar surface area (TPSA) is 136 Å². The highest BCUT2D eigenvalue weighted by molar-refractivity contribution is 9.10. The maximum absolute atomic E-state index is 12.7. The third-order valence-corrected chi connectivity index (χ3v) is 4.03. The van der Waals surface area contributed by atoms with Crippen LogP contribution in [0, 0.1) is 0 Å². The van der Waals surface area contributed by atoms with Gasteiger partial charge in [0.2, 0.25) is 0 Å². The van der Waals surface area contributed by atoms with Crippen molar-refractivity contribution in [2.24, 2.45) is 0 Å². The molecule has 0 aliphatic carbocycles. The second kappa shape index (κ2) is 5.98. The van der Waals surface area contributed by atoms with Crippen LogP contribution in [0.5, 0.6) is 0 Å². The van der Waals surface area contributed by atoms with Crippen molar-refractivity contribution in [3.8, 4) is 11.4 Å². The van der Waals surface area contributed by atoms with E-state index in [9.17, 15) is 4.79 Å². The van der Waals surface area contributed by atoms with Gasteiger partial charge in [0.05, 0.1) is 11.1 Å². The monoisotopic (exact) mass is 399 g/mol. The molecule has 4 aromatic rings. The van der Waals surface area contributed by atoms with Crippen molar-refractivity contribution >= 4 is 44.2 Å². The number of aromatic nitrogens is 5. The van der Waals surface area contributed by atoms with Gasteiger partial charge in [0.25, 0.3) is 5.91 Å². The molecule has 0 atom stereocenters. The smallest absolute Gasteiger partial charge is 0.278 e. The highest BCUT2D eigenvalue weighted by atomic mass is 79.9. The van der Waals surface area contributed by atoms with Crippen molar-refractivity contribution in [2.45, 2.75) is 0 Å². The number of amides is 1. The number of nitrogens with zero attached hydrogens (tertiary/aromatic N) is 4. The molecule has 124 valence electrons. The highest BCUT2D eigenvalue weighted by Crippen LogP contribution is 2.29. The largest absolute Gasteiger partial charge is 0.399 e. The standard InChI is InChI=1S/C15H10BrN7O2/c16-7-1-3-11(9(5-7)14-19-22-23-20-14)18-15(24)13-10-6-8(17)2-4-12(10)25-21-13/h1-6H,17H2,(H,18,24)(H,19,20,22,23). The van der Waals surface area contributed by atoms with Gasteiger partial charge in [0.1, 0.15) is 0 Å². The maximum atomic E-state index is 12.7. The van der Waals surface area contributed by atoms with Crippen LogP contribution >= 0.6 is 15.9 Å². The Balaban J connectivity index is 1.73. The highest BCUT2D eigenvalue weighted by Gasteiger charge is 2.19. The van der Waals surface area contributed by atoms with Gasteiger partial charge >= 0.3 is 0 Å². The number of carbonyl (C=O) groups is 1. The molecule has 1 amide bonds. The summed E-state index contributed by atoms with van der Waals surface area (Å²) in [4.78, 5) is 12.7. The normalized spacial score (nSPS) is 10.9. The molecule has 0 spiro atoms. The van der Waals surface area contributed by atoms with E-state index >= 15 is 0 Å². The van der Waals surface area contributed by atoms with Crippen LogP contribution in [-0.4, -0.2) is 31.7 Å². The summed E-state index contributed by atoms with van der Waals surface area (Å²) in [6, 6.07) is 10.3. The molecule has 0 bridgehead atoms. The minimum Gasteiger partial charge on any atom is -0.399 e. The van der Waals surface area contributed by atoms with Crippen LogP contribution in [0.3, 0.4) is 0 Å². The van der Waals surface area contributed by atoms with E-state index in [-0.39, 0.29) is 5.69 Å². The van der Waals surface area contributed by atoms with Gasteiger partial charge in [-0.25, -0.2) is 5.10 Å². The van der Waals surface area contributed by atoms with Gasteiger partial charge in [-0.1, -0.05) is 21.1 Å². The van der Waals surface area contributed by atoms with E-state index < -0.39 is 5.91 Å². The van der Waals surface area contributed by atoms with Crippen molar-refractivity contribution in [1.82, 2.24) is 25.8 Å².